The van der Waals surface area contributed by atoms with Crippen LogP contribution >= 0.6 is 0 Å². The lowest BCUT2D eigenvalue weighted by molar-refractivity contribution is 0.0422. The van der Waals surface area contributed by atoms with Gasteiger partial charge in [0.1, 0.15) is 11.3 Å². The van der Waals surface area contributed by atoms with Crippen LogP contribution in [0.25, 0.3) is 11.0 Å². The molecule has 2 unspecified atom stereocenters. The molecule has 19 heavy (non-hydrogen) atoms. The molecule has 0 aliphatic heterocycles. The average molecular weight is 261 g/mol. The summed E-state index contributed by atoms with van der Waals surface area (Å²) in [5.74, 6) is 0.951. The molecule has 0 bridgehead atoms. The van der Waals surface area contributed by atoms with Crippen molar-refractivity contribution in [1.29, 1.82) is 0 Å². The van der Waals surface area contributed by atoms with E-state index >= 15 is 0 Å². The quantitative estimate of drug-likeness (QED) is 0.858. The Hall–Kier alpha value is -1.32. The van der Waals surface area contributed by atoms with Crippen LogP contribution in [0.1, 0.15) is 38.1 Å². The highest BCUT2D eigenvalue weighted by atomic mass is 16.5. The maximum Gasteiger partial charge on any atom is 0.137 e. The van der Waals surface area contributed by atoms with Crippen molar-refractivity contribution in [3.63, 3.8) is 0 Å². The molecule has 2 atom stereocenters. The third-order valence-electron chi connectivity index (χ3n) is 3.39. The van der Waals surface area contributed by atoms with Crippen molar-refractivity contribution in [2.75, 3.05) is 13.2 Å². The Morgan fingerprint density at radius 3 is 2.74 bits per heavy atom. The molecule has 0 fully saturated rings. The maximum absolute atomic E-state index is 6.04. The van der Waals surface area contributed by atoms with Crippen LogP contribution in [0, 0.1) is 6.92 Å². The highest BCUT2D eigenvalue weighted by molar-refractivity contribution is 5.81. The van der Waals surface area contributed by atoms with Crippen molar-refractivity contribution in [1.82, 2.24) is 5.32 Å². The fourth-order valence-corrected chi connectivity index (χ4v) is 2.46. The highest BCUT2D eigenvalue weighted by Gasteiger charge is 2.22. The number of nitrogens with one attached hydrogen (secondary N) is 1. The monoisotopic (exact) mass is 261 g/mol. The van der Waals surface area contributed by atoms with Crippen LogP contribution < -0.4 is 5.32 Å². The number of aryl methyl sites for hydroxylation is 1. The summed E-state index contributed by atoms with van der Waals surface area (Å²) in [6.45, 7) is 9.86. The molecule has 0 saturated carbocycles. The molecule has 3 heteroatoms. The number of fused-ring (bicyclic) bond motifs is 1. The van der Waals surface area contributed by atoms with E-state index in [1.54, 1.807) is 0 Å². The molecule has 2 rings (SSSR count). The summed E-state index contributed by atoms with van der Waals surface area (Å²) in [6.07, 6.45) is 0.0887. The van der Waals surface area contributed by atoms with Crippen LogP contribution in [0.5, 0.6) is 0 Å². The van der Waals surface area contributed by atoms with Gasteiger partial charge in [-0.25, -0.2) is 0 Å². The first-order valence-electron chi connectivity index (χ1n) is 7.01. The first kappa shape index (κ1) is 14.1. The third-order valence-corrected chi connectivity index (χ3v) is 3.39. The second-order valence-electron chi connectivity index (χ2n) is 4.84. The van der Waals surface area contributed by atoms with Gasteiger partial charge in [0.2, 0.25) is 0 Å². The van der Waals surface area contributed by atoms with Crippen molar-refractivity contribution < 1.29 is 9.15 Å². The number of rotatable bonds is 6. The predicted octanol–water partition coefficient (Wildman–Crippen LogP) is 3.82. The number of benzene rings is 1. The Morgan fingerprint density at radius 1 is 1.32 bits per heavy atom. The van der Waals surface area contributed by atoms with E-state index in [1.807, 2.05) is 6.92 Å². The molecular formula is C16H23NO2. The van der Waals surface area contributed by atoms with E-state index < -0.39 is 0 Å². The van der Waals surface area contributed by atoms with Crippen molar-refractivity contribution in [3.05, 3.63) is 35.6 Å². The Kier molecular flexibility index (Phi) is 4.61. The normalized spacial score (nSPS) is 14.7. The standard InChI is InChI=1S/C16H23NO2/c1-5-17-15(12(4)18-6-2)14-10-13-9-7-8-11(3)16(13)19-14/h7-10,12,15,17H,5-6H2,1-4H3. The summed E-state index contributed by atoms with van der Waals surface area (Å²) in [6, 6.07) is 8.43. The molecule has 2 aromatic rings. The van der Waals surface area contributed by atoms with Gasteiger partial charge in [-0.05, 0) is 38.9 Å². The van der Waals surface area contributed by atoms with E-state index in [9.17, 15) is 0 Å². The van der Waals surface area contributed by atoms with Crippen molar-refractivity contribution in [2.45, 2.75) is 39.8 Å². The van der Waals surface area contributed by atoms with Gasteiger partial charge < -0.3 is 14.5 Å². The van der Waals surface area contributed by atoms with Crippen molar-refractivity contribution >= 4 is 11.0 Å². The Balaban J connectivity index is 2.36. The molecule has 1 aromatic heterocycles. The molecule has 0 spiro atoms. The molecule has 0 radical (unpaired) electrons. The summed E-state index contributed by atoms with van der Waals surface area (Å²) in [5.41, 5.74) is 2.15. The van der Waals surface area contributed by atoms with Crippen LogP contribution in [0.4, 0.5) is 0 Å². The van der Waals surface area contributed by atoms with Crippen LogP contribution in [-0.4, -0.2) is 19.3 Å². The maximum atomic E-state index is 6.04. The fourth-order valence-electron chi connectivity index (χ4n) is 2.46. The molecule has 0 aliphatic rings. The zero-order valence-electron chi connectivity index (χ0n) is 12.2. The van der Waals surface area contributed by atoms with Gasteiger partial charge in [0.05, 0.1) is 12.1 Å². The summed E-state index contributed by atoms with van der Waals surface area (Å²) in [4.78, 5) is 0. The molecular weight excluding hydrogens is 238 g/mol. The lowest BCUT2D eigenvalue weighted by Crippen LogP contribution is -2.31. The van der Waals surface area contributed by atoms with Crippen molar-refractivity contribution in [2.24, 2.45) is 0 Å². The van der Waals surface area contributed by atoms with E-state index in [4.69, 9.17) is 9.15 Å². The Bertz CT molecular complexity index is 533. The molecule has 1 N–H and O–H groups in total. The van der Waals surface area contributed by atoms with E-state index in [1.165, 1.54) is 5.56 Å². The second-order valence-corrected chi connectivity index (χ2v) is 4.84. The van der Waals surface area contributed by atoms with Gasteiger partial charge in [0, 0.05) is 12.0 Å². The number of hydrogen-bond donors (Lipinski definition) is 1. The smallest absolute Gasteiger partial charge is 0.137 e. The Labute approximate surface area is 114 Å². The number of furan rings is 1. The first-order chi connectivity index (χ1) is 9.17. The summed E-state index contributed by atoms with van der Waals surface area (Å²) >= 11 is 0. The largest absolute Gasteiger partial charge is 0.459 e. The number of hydrogen-bond acceptors (Lipinski definition) is 3. The van der Waals surface area contributed by atoms with E-state index in [2.05, 4.69) is 50.4 Å². The molecule has 0 saturated heterocycles. The molecule has 1 aromatic carbocycles. The van der Waals surface area contributed by atoms with E-state index in [-0.39, 0.29) is 12.1 Å². The number of ether oxygens (including phenoxy) is 1. The molecule has 0 amide bonds. The van der Waals surface area contributed by atoms with Crippen LogP contribution in [0.3, 0.4) is 0 Å². The lowest BCUT2D eigenvalue weighted by Gasteiger charge is -2.22. The first-order valence-corrected chi connectivity index (χ1v) is 7.01. The van der Waals surface area contributed by atoms with Gasteiger partial charge in [-0.3, -0.25) is 0 Å². The molecule has 3 nitrogen and oxygen atoms in total. The highest BCUT2D eigenvalue weighted by Crippen LogP contribution is 2.28. The van der Waals surface area contributed by atoms with Gasteiger partial charge in [0.25, 0.3) is 0 Å². The minimum atomic E-state index is 0.0887. The SMILES string of the molecule is CCNC(c1cc2cccc(C)c2o1)C(C)OCC. The second kappa shape index (κ2) is 6.22. The van der Waals surface area contributed by atoms with Crippen LogP contribution in [0.15, 0.2) is 28.7 Å². The van der Waals surface area contributed by atoms with Gasteiger partial charge in [0.15, 0.2) is 0 Å². The summed E-state index contributed by atoms with van der Waals surface area (Å²) in [5, 5.41) is 4.60. The molecule has 1 heterocycles. The van der Waals surface area contributed by atoms with Gasteiger partial charge in [-0.1, -0.05) is 25.1 Å². The van der Waals surface area contributed by atoms with Gasteiger partial charge in [-0.2, -0.15) is 0 Å². The topological polar surface area (TPSA) is 34.4 Å². The van der Waals surface area contributed by atoms with E-state index in [0.29, 0.717) is 6.61 Å². The Morgan fingerprint density at radius 2 is 2.11 bits per heavy atom. The molecule has 0 aliphatic carbocycles. The number of likely N-dealkylation sites (N-methyl/N-ethyl adjacent to an activating group) is 1. The van der Waals surface area contributed by atoms with E-state index in [0.717, 1.165) is 23.3 Å². The zero-order chi connectivity index (χ0) is 13.8. The van der Waals surface area contributed by atoms with Crippen molar-refractivity contribution in [3.8, 4) is 0 Å². The third kappa shape index (κ3) is 2.99. The van der Waals surface area contributed by atoms with Crippen LogP contribution in [0.2, 0.25) is 0 Å². The summed E-state index contributed by atoms with van der Waals surface area (Å²) in [7, 11) is 0. The minimum absolute atomic E-state index is 0.0887. The average Bonchev–Trinajstić information content (AvgIpc) is 2.81. The molecule has 104 valence electrons. The predicted molar refractivity (Wildman–Crippen MR) is 78.5 cm³/mol. The fraction of sp³-hybridized carbons (Fsp3) is 0.500. The van der Waals surface area contributed by atoms with Gasteiger partial charge in [-0.15, -0.1) is 0 Å². The summed E-state index contributed by atoms with van der Waals surface area (Å²) < 4.78 is 11.8. The minimum Gasteiger partial charge on any atom is -0.459 e. The zero-order valence-corrected chi connectivity index (χ0v) is 12.2. The van der Waals surface area contributed by atoms with Crippen LogP contribution in [-0.2, 0) is 4.74 Å². The lowest BCUT2D eigenvalue weighted by atomic mass is 10.1. The number of para-hydroxylation sites is 1. The van der Waals surface area contributed by atoms with Gasteiger partial charge >= 0.3 is 0 Å².